The molecule has 1 unspecified atom stereocenters. The zero-order valence-corrected chi connectivity index (χ0v) is 10.9. The fourth-order valence-electron chi connectivity index (χ4n) is 1.65. The molecule has 0 aliphatic rings. The molecule has 1 aromatic rings. The fourth-order valence-corrected chi connectivity index (χ4v) is 1.65. The summed E-state index contributed by atoms with van der Waals surface area (Å²) < 4.78 is 38.0. The predicted octanol–water partition coefficient (Wildman–Crippen LogP) is 2.79. The predicted molar refractivity (Wildman–Crippen MR) is 64.7 cm³/mol. The van der Waals surface area contributed by atoms with E-state index in [9.17, 15) is 18.0 Å². The van der Waals surface area contributed by atoms with Crippen molar-refractivity contribution in [3.05, 3.63) is 35.4 Å². The van der Waals surface area contributed by atoms with Crippen LogP contribution in [-0.2, 0) is 16.4 Å². The molecule has 0 fully saturated rings. The molecule has 0 bridgehead atoms. The third-order valence-electron chi connectivity index (χ3n) is 3.65. The average molecular weight is 275 g/mol. The fraction of sp³-hybridized carbons (Fsp3) is 0.462. The van der Waals surface area contributed by atoms with Gasteiger partial charge in [0, 0.05) is 5.41 Å². The lowest BCUT2D eigenvalue weighted by Gasteiger charge is -2.38. The van der Waals surface area contributed by atoms with Crippen LogP contribution in [0.5, 0.6) is 0 Å². The van der Waals surface area contributed by atoms with E-state index in [1.807, 2.05) is 0 Å². The molecule has 106 valence electrons. The molecule has 0 amide bonds. The molecule has 0 radical (unpaired) electrons. The number of alkyl halides is 3. The summed E-state index contributed by atoms with van der Waals surface area (Å²) in [6, 6.07) is 4.57. The Morgan fingerprint density at radius 1 is 1.16 bits per heavy atom. The van der Waals surface area contributed by atoms with Gasteiger partial charge in [-0.25, -0.2) is 0 Å². The van der Waals surface area contributed by atoms with Crippen LogP contribution in [0.25, 0.3) is 0 Å². The monoisotopic (exact) mass is 275 g/mol. The van der Waals surface area contributed by atoms with Gasteiger partial charge in [0.2, 0.25) is 0 Å². The molecule has 19 heavy (non-hydrogen) atoms. The summed E-state index contributed by atoms with van der Waals surface area (Å²) in [5.74, 6) is -1.27. The second-order valence-electron chi connectivity index (χ2n) is 5.21. The largest absolute Gasteiger partial charge is 0.480 e. The van der Waals surface area contributed by atoms with Crippen molar-refractivity contribution in [2.24, 2.45) is 5.73 Å². The minimum atomic E-state index is -4.47. The van der Waals surface area contributed by atoms with E-state index in [0.29, 0.717) is 0 Å². The SMILES string of the molecule is CC(N)(C(=O)O)C(C)(C)c1cccc(C(F)(F)F)c1. The molecular formula is C13H16F3NO2. The lowest BCUT2D eigenvalue weighted by Crippen LogP contribution is -2.58. The second-order valence-corrected chi connectivity index (χ2v) is 5.21. The summed E-state index contributed by atoms with van der Waals surface area (Å²) in [5.41, 5.74) is 2.32. The Balaban J connectivity index is 3.34. The van der Waals surface area contributed by atoms with Gasteiger partial charge < -0.3 is 10.8 Å². The van der Waals surface area contributed by atoms with Crippen molar-refractivity contribution in [1.82, 2.24) is 0 Å². The van der Waals surface area contributed by atoms with Crippen LogP contribution in [-0.4, -0.2) is 16.6 Å². The number of hydrogen-bond acceptors (Lipinski definition) is 2. The molecule has 0 aromatic heterocycles. The van der Waals surface area contributed by atoms with Crippen LogP contribution in [0.2, 0.25) is 0 Å². The minimum Gasteiger partial charge on any atom is -0.480 e. The molecule has 1 rings (SSSR count). The Bertz CT molecular complexity index is 493. The Morgan fingerprint density at radius 2 is 1.63 bits per heavy atom. The van der Waals surface area contributed by atoms with Crippen LogP contribution in [0, 0.1) is 0 Å². The van der Waals surface area contributed by atoms with E-state index >= 15 is 0 Å². The van der Waals surface area contributed by atoms with Gasteiger partial charge in [-0.3, -0.25) is 4.79 Å². The summed E-state index contributed by atoms with van der Waals surface area (Å²) in [6.07, 6.45) is -4.47. The van der Waals surface area contributed by atoms with Gasteiger partial charge in [0.05, 0.1) is 5.56 Å². The van der Waals surface area contributed by atoms with E-state index in [2.05, 4.69) is 0 Å². The normalized spacial score (nSPS) is 15.9. The smallest absolute Gasteiger partial charge is 0.416 e. The van der Waals surface area contributed by atoms with Crippen LogP contribution in [0.3, 0.4) is 0 Å². The van der Waals surface area contributed by atoms with Gasteiger partial charge in [0.1, 0.15) is 5.54 Å². The highest BCUT2D eigenvalue weighted by Gasteiger charge is 2.46. The highest BCUT2D eigenvalue weighted by atomic mass is 19.4. The highest BCUT2D eigenvalue weighted by molar-refractivity contribution is 5.80. The molecule has 6 heteroatoms. The quantitative estimate of drug-likeness (QED) is 0.891. The first kappa shape index (κ1) is 15.5. The van der Waals surface area contributed by atoms with Gasteiger partial charge in [0.25, 0.3) is 0 Å². The van der Waals surface area contributed by atoms with Crippen LogP contribution in [0.1, 0.15) is 31.9 Å². The maximum Gasteiger partial charge on any atom is 0.416 e. The van der Waals surface area contributed by atoms with E-state index < -0.39 is 28.7 Å². The standard InChI is InChI=1S/C13H16F3NO2/c1-11(2,12(3,17)10(18)19)8-5-4-6-9(7-8)13(14,15)16/h4-7H,17H2,1-3H3,(H,18,19). The average Bonchev–Trinajstić information content (AvgIpc) is 2.27. The zero-order valence-electron chi connectivity index (χ0n) is 10.9. The molecule has 0 saturated carbocycles. The third-order valence-corrected chi connectivity index (χ3v) is 3.65. The molecule has 0 aliphatic carbocycles. The number of benzene rings is 1. The molecule has 0 aliphatic heterocycles. The Morgan fingerprint density at radius 3 is 2.05 bits per heavy atom. The Kier molecular flexibility index (Phi) is 3.69. The zero-order chi connectivity index (χ0) is 15.1. The number of aliphatic carboxylic acids is 1. The van der Waals surface area contributed by atoms with E-state index in [1.165, 1.54) is 32.9 Å². The van der Waals surface area contributed by atoms with Crippen molar-refractivity contribution in [3.63, 3.8) is 0 Å². The van der Waals surface area contributed by atoms with E-state index in [1.54, 1.807) is 0 Å². The van der Waals surface area contributed by atoms with Crippen molar-refractivity contribution < 1.29 is 23.1 Å². The van der Waals surface area contributed by atoms with Crippen LogP contribution in [0.15, 0.2) is 24.3 Å². The van der Waals surface area contributed by atoms with Crippen LogP contribution >= 0.6 is 0 Å². The van der Waals surface area contributed by atoms with E-state index in [4.69, 9.17) is 10.8 Å². The number of carboxylic acids is 1. The van der Waals surface area contributed by atoms with Crippen molar-refractivity contribution in [2.45, 2.75) is 37.9 Å². The highest BCUT2D eigenvalue weighted by Crippen LogP contribution is 2.37. The number of carboxylic acid groups (broad SMARTS) is 1. The first-order chi connectivity index (χ1) is 8.40. The maximum atomic E-state index is 12.7. The Labute approximate surface area is 109 Å². The van der Waals surface area contributed by atoms with Crippen molar-refractivity contribution in [1.29, 1.82) is 0 Å². The number of hydrogen-bond donors (Lipinski definition) is 2. The summed E-state index contributed by atoms with van der Waals surface area (Å²) >= 11 is 0. The molecule has 1 aromatic carbocycles. The summed E-state index contributed by atoms with van der Waals surface area (Å²) in [5, 5.41) is 9.12. The van der Waals surface area contributed by atoms with Gasteiger partial charge in [-0.2, -0.15) is 13.2 Å². The molecular weight excluding hydrogens is 259 g/mol. The first-order valence-electron chi connectivity index (χ1n) is 5.60. The van der Waals surface area contributed by atoms with E-state index in [0.717, 1.165) is 12.1 Å². The van der Waals surface area contributed by atoms with Gasteiger partial charge >= 0.3 is 12.1 Å². The minimum absolute atomic E-state index is 0.231. The topological polar surface area (TPSA) is 63.3 Å². The second kappa shape index (κ2) is 4.52. The van der Waals surface area contributed by atoms with Gasteiger partial charge in [-0.05, 0) is 18.6 Å². The lowest BCUT2D eigenvalue weighted by molar-refractivity contribution is -0.145. The number of carbonyl (C=O) groups is 1. The summed E-state index contributed by atoms with van der Waals surface area (Å²) in [4.78, 5) is 11.2. The van der Waals surface area contributed by atoms with E-state index in [-0.39, 0.29) is 5.56 Å². The van der Waals surface area contributed by atoms with Gasteiger partial charge in [-0.1, -0.05) is 32.0 Å². The number of rotatable bonds is 3. The van der Waals surface area contributed by atoms with Crippen molar-refractivity contribution >= 4 is 5.97 Å². The molecule has 0 saturated heterocycles. The maximum absolute atomic E-state index is 12.7. The molecule has 0 spiro atoms. The van der Waals surface area contributed by atoms with Crippen LogP contribution in [0.4, 0.5) is 13.2 Å². The van der Waals surface area contributed by atoms with Crippen molar-refractivity contribution in [2.75, 3.05) is 0 Å². The van der Waals surface area contributed by atoms with Gasteiger partial charge in [0.15, 0.2) is 0 Å². The van der Waals surface area contributed by atoms with Gasteiger partial charge in [-0.15, -0.1) is 0 Å². The first-order valence-corrected chi connectivity index (χ1v) is 5.60. The third kappa shape index (κ3) is 2.73. The summed E-state index contributed by atoms with van der Waals surface area (Å²) in [6.45, 7) is 4.31. The summed E-state index contributed by atoms with van der Waals surface area (Å²) in [7, 11) is 0. The molecule has 3 nitrogen and oxygen atoms in total. The molecule has 3 N–H and O–H groups in total. The molecule has 0 heterocycles. The lowest BCUT2D eigenvalue weighted by atomic mass is 9.69. The van der Waals surface area contributed by atoms with Crippen LogP contribution < -0.4 is 5.73 Å². The Hall–Kier alpha value is -1.56. The number of halogens is 3. The molecule has 1 atom stereocenters. The number of nitrogens with two attached hydrogens (primary N) is 1. The van der Waals surface area contributed by atoms with Crippen molar-refractivity contribution in [3.8, 4) is 0 Å².